The SMILES string of the molecule is COCCn1c(SCc2ccc(C(N)=O)cc2)nc2cc(Cl)ccc21. The molecule has 5 nitrogen and oxygen atoms in total. The van der Waals surface area contributed by atoms with Gasteiger partial charge in [-0.25, -0.2) is 4.98 Å². The summed E-state index contributed by atoms with van der Waals surface area (Å²) in [5.74, 6) is 0.320. The zero-order valence-electron chi connectivity index (χ0n) is 13.7. The number of ether oxygens (including phenoxy) is 1. The van der Waals surface area contributed by atoms with Crippen LogP contribution in [0.3, 0.4) is 0 Å². The number of fused-ring (bicyclic) bond motifs is 1. The predicted molar refractivity (Wildman–Crippen MR) is 101 cm³/mol. The fourth-order valence-corrected chi connectivity index (χ4v) is 3.67. The molecule has 0 aliphatic carbocycles. The third kappa shape index (κ3) is 4.15. The Balaban J connectivity index is 1.83. The van der Waals surface area contributed by atoms with Crippen LogP contribution in [0.5, 0.6) is 0 Å². The van der Waals surface area contributed by atoms with E-state index in [0.717, 1.165) is 34.1 Å². The lowest BCUT2D eigenvalue weighted by Crippen LogP contribution is -2.10. The zero-order chi connectivity index (χ0) is 17.8. The Labute approximate surface area is 155 Å². The molecule has 3 aromatic rings. The maximum absolute atomic E-state index is 11.1. The number of amides is 1. The Bertz CT molecular complexity index is 893. The van der Waals surface area contributed by atoms with Crippen molar-refractivity contribution in [2.75, 3.05) is 13.7 Å². The molecule has 1 aromatic heterocycles. The average Bonchev–Trinajstić information content (AvgIpc) is 2.95. The summed E-state index contributed by atoms with van der Waals surface area (Å²) in [6.45, 7) is 1.33. The summed E-state index contributed by atoms with van der Waals surface area (Å²) in [7, 11) is 1.68. The van der Waals surface area contributed by atoms with Gasteiger partial charge in [0.25, 0.3) is 0 Å². The van der Waals surface area contributed by atoms with Gasteiger partial charge in [-0.2, -0.15) is 0 Å². The van der Waals surface area contributed by atoms with Crippen LogP contribution < -0.4 is 5.73 Å². The number of carbonyl (C=O) groups is 1. The normalized spacial score (nSPS) is 11.1. The minimum Gasteiger partial charge on any atom is -0.383 e. The third-order valence-corrected chi connectivity index (χ3v) is 5.08. The minimum atomic E-state index is -0.419. The van der Waals surface area contributed by atoms with Crippen LogP contribution in [0, 0.1) is 0 Å². The van der Waals surface area contributed by atoms with E-state index in [-0.39, 0.29) is 0 Å². The molecule has 0 atom stereocenters. The monoisotopic (exact) mass is 375 g/mol. The molecule has 0 aliphatic rings. The van der Waals surface area contributed by atoms with E-state index in [0.29, 0.717) is 17.2 Å². The second-order valence-corrected chi connectivity index (χ2v) is 6.90. The summed E-state index contributed by atoms with van der Waals surface area (Å²) in [6, 6.07) is 13.0. The van der Waals surface area contributed by atoms with Gasteiger partial charge in [-0.15, -0.1) is 0 Å². The van der Waals surface area contributed by atoms with E-state index in [2.05, 4.69) is 4.57 Å². The van der Waals surface area contributed by atoms with Crippen molar-refractivity contribution in [1.29, 1.82) is 0 Å². The second kappa shape index (κ2) is 7.91. The van der Waals surface area contributed by atoms with Crippen LogP contribution in [-0.2, 0) is 17.0 Å². The average molecular weight is 376 g/mol. The molecule has 0 spiro atoms. The van der Waals surface area contributed by atoms with Crippen LogP contribution in [0.4, 0.5) is 0 Å². The fraction of sp³-hybridized carbons (Fsp3) is 0.222. The quantitative estimate of drug-likeness (QED) is 0.639. The van der Waals surface area contributed by atoms with Crippen LogP contribution in [0.2, 0.25) is 5.02 Å². The molecular weight excluding hydrogens is 358 g/mol. The number of methoxy groups -OCH3 is 1. The Kier molecular flexibility index (Phi) is 5.63. The van der Waals surface area contributed by atoms with Crippen LogP contribution in [0.25, 0.3) is 11.0 Å². The van der Waals surface area contributed by atoms with Crippen molar-refractivity contribution in [3.05, 3.63) is 58.6 Å². The van der Waals surface area contributed by atoms with Gasteiger partial charge in [-0.3, -0.25) is 4.79 Å². The first-order chi connectivity index (χ1) is 12.1. The van der Waals surface area contributed by atoms with Crippen LogP contribution in [0.1, 0.15) is 15.9 Å². The highest BCUT2D eigenvalue weighted by Crippen LogP contribution is 2.28. The van der Waals surface area contributed by atoms with Crippen molar-refractivity contribution in [2.24, 2.45) is 5.73 Å². The Hall–Kier alpha value is -2.02. The van der Waals surface area contributed by atoms with Gasteiger partial charge < -0.3 is 15.0 Å². The standard InChI is InChI=1S/C18H18ClN3O2S/c1-24-9-8-22-16-7-6-14(19)10-15(16)21-18(22)25-11-12-2-4-13(5-3-12)17(20)23/h2-7,10H,8-9,11H2,1H3,(H2,20,23). The maximum atomic E-state index is 11.1. The molecule has 0 saturated heterocycles. The molecule has 7 heteroatoms. The summed E-state index contributed by atoms with van der Waals surface area (Å²) >= 11 is 7.71. The summed E-state index contributed by atoms with van der Waals surface area (Å²) in [5.41, 5.74) is 8.78. The van der Waals surface area contributed by atoms with Crippen LogP contribution >= 0.6 is 23.4 Å². The highest BCUT2D eigenvalue weighted by Gasteiger charge is 2.12. The molecule has 0 aliphatic heterocycles. The Morgan fingerprint density at radius 3 is 2.72 bits per heavy atom. The molecule has 25 heavy (non-hydrogen) atoms. The van der Waals surface area contributed by atoms with E-state index in [4.69, 9.17) is 27.1 Å². The molecule has 0 saturated carbocycles. The predicted octanol–water partition coefficient (Wildman–Crippen LogP) is 3.73. The van der Waals surface area contributed by atoms with Crippen LogP contribution in [-0.4, -0.2) is 29.2 Å². The van der Waals surface area contributed by atoms with Gasteiger partial charge in [0.05, 0.1) is 17.6 Å². The Morgan fingerprint density at radius 2 is 2.04 bits per heavy atom. The molecular formula is C18H18ClN3O2S. The highest BCUT2D eigenvalue weighted by atomic mass is 35.5. The van der Waals surface area contributed by atoms with Crippen molar-refractivity contribution in [2.45, 2.75) is 17.5 Å². The molecule has 0 fully saturated rings. The number of rotatable bonds is 7. The van der Waals surface area contributed by atoms with E-state index < -0.39 is 5.91 Å². The number of hydrogen-bond donors (Lipinski definition) is 1. The van der Waals surface area contributed by atoms with Gasteiger partial charge in [-0.1, -0.05) is 35.5 Å². The first-order valence-corrected chi connectivity index (χ1v) is 9.11. The number of halogens is 1. The fourth-order valence-electron chi connectivity index (χ4n) is 2.50. The molecule has 1 heterocycles. The molecule has 2 aromatic carbocycles. The lowest BCUT2D eigenvalue weighted by Gasteiger charge is -2.08. The molecule has 0 radical (unpaired) electrons. The third-order valence-electron chi connectivity index (χ3n) is 3.80. The lowest BCUT2D eigenvalue weighted by molar-refractivity contribution is 0.100. The van der Waals surface area contributed by atoms with Crippen molar-refractivity contribution in [3.63, 3.8) is 0 Å². The van der Waals surface area contributed by atoms with Gasteiger partial charge in [0.15, 0.2) is 5.16 Å². The number of imidazole rings is 1. The first kappa shape index (κ1) is 17.8. The van der Waals surface area contributed by atoms with Gasteiger partial charge in [-0.05, 0) is 35.9 Å². The van der Waals surface area contributed by atoms with Crippen molar-refractivity contribution in [1.82, 2.24) is 9.55 Å². The summed E-state index contributed by atoms with van der Waals surface area (Å²) in [4.78, 5) is 15.8. The summed E-state index contributed by atoms with van der Waals surface area (Å²) in [5, 5.41) is 1.58. The first-order valence-electron chi connectivity index (χ1n) is 7.75. The number of primary amides is 1. The Morgan fingerprint density at radius 1 is 1.28 bits per heavy atom. The van der Waals surface area contributed by atoms with E-state index in [1.54, 1.807) is 31.0 Å². The number of thioether (sulfide) groups is 1. The van der Waals surface area contributed by atoms with E-state index in [1.807, 2.05) is 30.3 Å². The van der Waals surface area contributed by atoms with Crippen LogP contribution in [0.15, 0.2) is 47.6 Å². The smallest absolute Gasteiger partial charge is 0.248 e. The number of hydrogen-bond acceptors (Lipinski definition) is 4. The largest absolute Gasteiger partial charge is 0.383 e. The van der Waals surface area contributed by atoms with Crippen molar-refractivity contribution >= 4 is 40.3 Å². The molecule has 3 rings (SSSR count). The van der Waals surface area contributed by atoms with Crippen molar-refractivity contribution in [3.8, 4) is 0 Å². The number of nitrogens with two attached hydrogens (primary N) is 1. The molecule has 2 N–H and O–H groups in total. The lowest BCUT2D eigenvalue weighted by atomic mass is 10.1. The maximum Gasteiger partial charge on any atom is 0.248 e. The number of aromatic nitrogens is 2. The molecule has 1 amide bonds. The van der Waals surface area contributed by atoms with E-state index in [1.165, 1.54) is 0 Å². The topological polar surface area (TPSA) is 70.1 Å². The molecule has 0 unspecified atom stereocenters. The van der Waals surface area contributed by atoms with E-state index >= 15 is 0 Å². The van der Waals surface area contributed by atoms with E-state index in [9.17, 15) is 4.79 Å². The van der Waals surface area contributed by atoms with Gasteiger partial charge in [0.1, 0.15) is 0 Å². The summed E-state index contributed by atoms with van der Waals surface area (Å²) < 4.78 is 7.35. The summed E-state index contributed by atoms with van der Waals surface area (Å²) in [6.07, 6.45) is 0. The zero-order valence-corrected chi connectivity index (χ0v) is 15.3. The second-order valence-electron chi connectivity index (χ2n) is 5.52. The molecule has 0 bridgehead atoms. The highest BCUT2D eigenvalue weighted by molar-refractivity contribution is 7.98. The van der Waals surface area contributed by atoms with Gasteiger partial charge >= 0.3 is 0 Å². The van der Waals surface area contributed by atoms with Gasteiger partial charge in [0.2, 0.25) is 5.91 Å². The van der Waals surface area contributed by atoms with Crippen molar-refractivity contribution < 1.29 is 9.53 Å². The number of carbonyl (C=O) groups excluding carboxylic acids is 1. The molecule has 130 valence electrons. The number of benzene rings is 2. The minimum absolute atomic E-state index is 0.419. The van der Waals surface area contributed by atoms with Gasteiger partial charge in [0, 0.05) is 30.0 Å². The number of nitrogens with zero attached hydrogens (tertiary/aromatic N) is 2.